The first kappa shape index (κ1) is 19.3. The molecule has 0 unspecified atom stereocenters. The summed E-state index contributed by atoms with van der Waals surface area (Å²) in [6.07, 6.45) is 0. The van der Waals surface area contributed by atoms with E-state index < -0.39 is 5.82 Å². The van der Waals surface area contributed by atoms with Crippen LogP contribution in [0.1, 0.15) is 56.5 Å². The van der Waals surface area contributed by atoms with E-state index in [9.17, 15) is 9.65 Å². The summed E-state index contributed by atoms with van der Waals surface area (Å²) in [4.78, 5) is 7.49. The highest BCUT2D eigenvalue weighted by Gasteiger charge is 2.23. The topological polar surface area (TPSA) is 58.9 Å². The van der Waals surface area contributed by atoms with Crippen molar-refractivity contribution in [2.45, 2.75) is 39.5 Å². The molecular formula is C22H20FN5. The number of hydrogen-bond acceptors (Lipinski definition) is 3. The molecule has 0 N–H and O–H groups in total. The molecule has 6 heteroatoms. The molecule has 0 saturated carbocycles. The Balaban J connectivity index is 2.40. The molecule has 0 fully saturated rings. The van der Waals surface area contributed by atoms with Crippen LogP contribution in [0.4, 0.5) is 10.1 Å². The molecule has 1 aromatic heterocycles. The second kappa shape index (κ2) is 7.62. The quantitative estimate of drug-likeness (QED) is 0.548. The van der Waals surface area contributed by atoms with Gasteiger partial charge in [0.25, 0.3) is 5.82 Å². The van der Waals surface area contributed by atoms with Gasteiger partial charge in [-0.15, -0.1) is 5.10 Å². The molecule has 140 valence electrons. The van der Waals surface area contributed by atoms with Crippen LogP contribution in [0.5, 0.6) is 0 Å². The zero-order valence-corrected chi connectivity index (χ0v) is 16.2. The Morgan fingerprint density at radius 3 is 2.21 bits per heavy atom. The van der Waals surface area contributed by atoms with Crippen molar-refractivity contribution < 1.29 is 4.39 Å². The van der Waals surface area contributed by atoms with Crippen molar-refractivity contribution in [3.05, 3.63) is 70.6 Å². The molecule has 1 heterocycles. The van der Waals surface area contributed by atoms with Crippen molar-refractivity contribution in [1.82, 2.24) is 14.8 Å². The van der Waals surface area contributed by atoms with Gasteiger partial charge in [0.05, 0.1) is 12.3 Å². The van der Waals surface area contributed by atoms with Crippen LogP contribution in [0.15, 0.2) is 36.4 Å². The normalized spacial score (nSPS) is 10.9. The Hall–Kier alpha value is -3.51. The zero-order chi connectivity index (χ0) is 20.4. The molecule has 0 radical (unpaired) electrons. The molecule has 5 nitrogen and oxygen atoms in total. The van der Waals surface area contributed by atoms with E-state index in [0.717, 1.165) is 16.8 Å². The molecule has 28 heavy (non-hydrogen) atoms. The molecule has 0 amide bonds. The highest BCUT2D eigenvalue weighted by Crippen LogP contribution is 2.35. The summed E-state index contributed by atoms with van der Waals surface area (Å²) in [7, 11) is 0. The van der Waals surface area contributed by atoms with Crippen LogP contribution in [0.25, 0.3) is 21.9 Å². The molecule has 0 spiro atoms. The van der Waals surface area contributed by atoms with Gasteiger partial charge in [-0.1, -0.05) is 64.1 Å². The maximum absolute atomic E-state index is 14.9. The minimum atomic E-state index is -0.663. The summed E-state index contributed by atoms with van der Waals surface area (Å²) in [5.74, 6) is -0.111. The zero-order valence-electron chi connectivity index (χ0n) is 16.2. The lowest BCUT2D eigenvalue weighted by Gasteiger charge is -2.20. The van der Waals surface area contributed by atoms with E-state index in [0.29, 0.717) is 0 Å². The lowest BCUT2D eigenvalue weighted by molar-refractivity contribution is 0.634. The monoisotopic (exact) mass is 373 g/mol. The van der Waals surface area contributed by atoms with Crippen LogP contribution in [-0.4, -0.2) is 14.8 Å². The van der Waals surface area contributed by atoms with E-state index in [1.54, 1.807) is 16.8 Å². The number of nitrogens with zero attached hydrogens (tertiary/aromatic N) is 5. The maximum Gasteiger partial charge on any atom is 0.253 e. The van der Waals surface area contributed by atoms with Crippen molar-refractivity contribution in [3.8, 4) is 23.1 Å². The third kappa shape index (κ3) is 3.25. The van der Waals surface area contributed by atoms with Gasteiger partial charge < -0.3 is 0 Å². The van der Waals surface area contributed by atoms with Gasteiger partial charge in [0.15, 0.2) is 5.82 Å². The van der Waals surface area contributed by atoms with E-state index in [4.69, 9.17) is 6.57 Å². The minimum absolute atomic E-state index is 0.0455. The first-order chi connectivity index (χ1) is 13.4. The van der Waals surface area contributed by atoms with Crippen molar-refractivity contribution in [3.63, 3.8) is 0 Å². The Morgan fingerprint density at radius 1 is 1.07 bits per heavy atom. The average Bonchev–Trinajstić information content (AvgIpc) is 3.11. The molecule has 0 aliphatic heterocycles. The lowest BCUT2D eigenvalue weighted by Crippen LogP contribution is -2.10. The molecule has 0 saturated heterocycles. The molecule has 0 atom stereocenters. The summed E-state index contributed by atoms with van der Waals surface area (Å²) in [6, 6.07) is 12.5. The Labute approximate surface area is 163 Å². The maximum atomic E-state index is 14.9. The molecule has 3 aromatic rings. The van der Waals surface area contributed by atoms with Crippen LogP contribution in [0.2, 0.25) is 0 Å². The molecule has 0 aliphatic carbocycles. The van der Waals surface area contributed by atoms with E-state index in [1.165, 1.54) is 6.07 Å². The smallest absolute Gasteiger partial charge is 0.235 e. The summed E-state index contributed by atoms with van der Waals surface area (Å²) >= 11 is 0. The number of rotatable bonds is 4. The third-order valence-corrected chi connectivity index (χ3v) is 4.60. The van der Waals surface area contributed by atoms with Gasteiger partial charge in [0, 0.05) is 5.56 Å². The lowest BCUT2D eigenvalue weighted by atomic mass is 9.92. The van der Waals surface area contributed by atoms with Gasteiger partial charge in [-0.3, -0.25) is 0 Å². The van der Waals surface area contributed by atoms with Crippen LogP contribution in [0, 0.1) is 23.7 Å². The van der Waals surface area contributed by atoms with Gasteiger partial charge >= 0.3 is 0 Å². The van der Waals surface area contributed by atoms with Crippen LogP contribution < -0.4 is 0 Å². The summed E-state index contributed by atoms with van der Waals surface area (Å²) in [5.41, 5.74) is 2.93. The van der Waals surface area contributed by atoms with Gasteiger partial charge in [0.1, 0.15) is 11.9 Å². The molecule has 2 aromatic carbocycles. The van der Waals surface area contributed by atoms with Crippen molar-refractivity contribution >= 4 is 5.69 Å². The SMILES string of the molecule is [C-]#[N+]c1cccc(-c2nc(C#N)nn2-c2c(C(C)C)cccc2C(C)C)c1F. The van der Waals surface area contributed by atoms with Gasteiger partial charge in [-0.05, 0) is 23.0 Å². The second-order valence-corrected chi connectivity index (χ2v) is 7.13. The Kier molecular flexibility index (Phi) is 5.24. The number of aromatic nitrogens is 3. The third-order valence-electron chi connectivity index (χ3n) is 4.60. The molecule has 0 bridgehead atoms. The fraction of sp³-hybridized carbons (Fsp3) is 0.273. The fourth-order valence-electron chi connectivity index (χ4n) is 3.22. The van der Waals surface area contributed by atoms with Crippen LogP contribution in [-0.2, 0) is 0 Å². The van der Waals surface area contributed by atoms with Crippen molar-refractivity contribution in [1.29, 1.82) is 5.26 Å². The number of halogens is 1. The minimum Gasteiger partial charge on any atom is -0.235 e. The molecule has 0 aliphatic rings. The van der Waals surface area contributed by atoms with E-state index in [1.807, 2.05) is 24.3 Å². The van der Waals surface area contributed by atoms with Gasteiger partial charge in [-0.2, -0.15) is 10.2 Å². The Morgan fingerprint density at radius 2 is 1.68 bits per heavy atom. The number of hydrogen-bond donors (Lipinski definition) is 0. The van der Waals surface area contributed by atoms with Gasteiger partial charge in [-0.25, -0.2) is 13.9 Å². The van der Waals surface area contributed by atoms with Crippen LogP contribution >= 0.6 is 0 Å². The van der Waals surface area contributed by atoms with Crippen LogP contribution in [0.3, 0.4) is 0 Å². The van der Waals surface area contributed by atoms with Crippen molar-refractivity contribution in [2.24, 2.45) is 0 Å². The predicted octanol–water partition coefficient (Wildman–Crippen LogP) is 5.74. The summed E-state index contributed by atoms with van der Waals surface area (Å²) < 4.78 is 16.5. The van der Waals surface area contributed by atoms with Crippen molar-refractivity contribution in [2.75, 3.05) is 0 Å². The first-order valence-corrected chi connectivity index (χ1v) is 9.05. The molecule has 3 rings (SSSR count). The second-order valence-electron chi connectivity index (χ2n) is 7.13. The van der Waals surface area contributed by atoms with E-state index in [-0.39, 0.29) is 34.7 Å². The Bertz CT molecular complexity index is 1090. The highest BCUT2D eigenvalue weighted by molar-refractivity contribution is 5.67. The van der Waals surface area contributed by atoms with E-state index >= 15 is 0 Å². The first-order valence-electron chi connectivity index (χ1n) is 9.05. The highest BCUT2D eigenvalue weighted by atomic mass is 19.1. The number of benzene rings is 2. The largest absolute Gasteiger partial charge is 0.253 e. The standard InChI is InChI=1S/C22H20FN5/c1-13(2)15-8-6-9-16(14(3)4)21(15)28-22(26-19(12-24)27-28)17-10-7-11-18(25-5)20(17)23/h6-11,13-14H,1-4H3. The molecular weight excluding hydrogens is 353 g/mol. The average molecular weight is 373 g/mol. The fourth-order valence-corrected chi connectivity index (χ4v) is 3.22. The summed E-state index contributed by atoms with van der Waals surface area (Å²) in [6.45, 7) is 15.5. The number of para-hydroxylation sites is 1. The summed E-state index contributed by atoms with van der Waals surface area (Å²) in [5, 5.41) is 13.7. The predicted molar refractivity (Wildman–Crippen MR) is 106 cm³/mol. The van der Waals surface area contributed by atoms with E-state index in [2.05, 4.69) is 42.6 Å². The number of nitriles is 1. The van der Waals surface area contributed by atoms with Gasteiger partial charge in [0.2, 0.25) is 5.69 Å².